The monoisotopic (exact) mass is 407 g/mol. The van der Waals surface area contributed by atoms with Crippen LogP contribution in [0.15, 0.2) is 48.7 Å². The third-order valence-electron chi connectivity index (χ3n) is 5.12. The molecule has 3 rings (SSSR count). The van der Waals surface area contributed by atoms with E-state index in [4.69, 9.17) is 4.74 Å². The normalized spacial score (nSPS) is 12.0. The Morgan fingerprint density at radius 2 is 1.83 bits per heavy atom. The molecule has 1 heterocycles. The first kappa shape index (κ1) is 21.4. The van der Waals surface area contributed by atoms with Gasteiger partial charge in [0.2, 0.25) is 5.91 Å². The minimum atomic E-state index is -0.774. The third-order valence-corrected chi connectivity index (χ3v) is 5.12. The van der Waals surface area contributed by atoms with Gasteiger partial charge in [-0.3, -0.25) is 4.79 Å². The highest BCUT2D eigenvalue weighted by Gasteiger charge is 2.24. The molecule has 1 atom stereocenters. The number of fused-ring (bicyclic) bond motifs is 1. The Kier molecular flexibility index (Phi) is 6.77. The zero-order valence-electron chi connectivity index (χ0n) is 17.9. The van der Waals surface area contributed by atoms with Gasteiger partial charge in [-0.15, -0.1) is 0 Å². The molecule has 2 amide bonds. The average molecular weight is 408 g/mol. The summed E-state index contributed by atoms with van der Waals surface area (Å²) in [5.41, 5.74) is 4.77. The van der Waals surface area contributed by atoms with Crippen molar-refractivity contribution in [2.24, 2.45) is 5.92 Å². The number of hydrogen-bond donors (Lipinski definition) is 3. The van der Waals surface area contributed by atoms with E-state index >= 15 is 0 Å². The fraction of sp³-hybridized carbons (Fsp3) is 0.333. The van der Waals surface area contributed by atoms with Gasteiger partial charge in [0.05, 0.1) is 6.61 Å². The SMILES string of the molecule is Cc1cccc(NC(=O)[C@@H](Cc2c[nH]c3ccccc23)NC(=O)OCC(C)C)c1C. The molecule has 0 spiro atoms. The van der Waals surface area contributed by atoms with E-state index in [2.05, 4.69) is 15.6 Å². The lowest BCUT2D eigenvalue weighted by molar-refractivity contribution is -0.118. The van der Waals surface area contributed by atoms with Crippen LogP contribution in [0.2, 0.25) is 0 Å². The largest absolute Gasteiger partial charge is 0.449 e. The summed E-state index contributed by atoms with van der Waals surface area (Å²) in [6, 6.07) is 12.9. The molecule has 0 bridgehead atoms. The number of carbonyl (C=O) groups excluding carboxylic acids is 2. The molecule has 3 aromatic rings. The van der Waals surface area contributed by atoms with Crippen molar-refractivity contribution in [3.05, 3.63) is 65.4 Å². The van der Waals surface area contributed by atoms with Gasteiger partial charge in [-0.25, -0.2) is 4.79 Å². The first-order chi connectivity index (χ1) is 14.3. The number of ether oxygens (including phenoxy) is 1. The van der Waals surface area contributed by atoms with Gasteiger partial charge in [0.25, 0.3) is 0 Å². The minimum Gasteiger partial charge on any atom is -0.449 e. The first-order valence-electron chi connectivity index (χ1n) is 10.2. The number of carbonyl (C=O) groups is 2. The van der Waals surface area contributed by atoms with Gasteiger partial charge >= 0.3 is 6.09 Å². The first-order valence-corrected chi connectivity index (χ1v) is 10.2. The number of alkyl carbamates (subject to hydrolysis) is 1. The van der Waals surface area contributed by atoms with Gasteiger partial charge in [-0.1, -0.05) is 44.2 Å². The average Bonchev–Trinajstić information content (AvgIpc) is 3.12. The Morgan fingerprint density at radius 3 is 2.60 bits per heavy atom. The van der Waals surface area contributed by atoms with Gasteiger partial charge in [0.1, 0.15) is 6.04 Å². The Bertz CT molecular complexity index is 1040. The highest BCUT2D eigenvalue weighted by Crippen LogP contribution is 2.21. The molecule has 158 valence electrons. The van der Waals surface area contributed by atoms with Crippen molar-refractivity contribution >= 4 is 28.6 Å². The van der Waals surface area contributed by atoms with Crippen molar-refractivity contribution in [2.45, 2.75) is 40.2 Å². The molecule has 0 saturated heterocycles. The maximum absolute atomic E-state index is 13.1. The predicted molar refractivity (Wildman–Crippen MR) is 120 cm³/mol. The van der Waals surface area contributed by atoms with Crippen LogP contribution in [0.4, 0.5) is 10.5 Å². The van der Waals surface area contributed by atoms with Crippen LogP contribution >= 0.6 is 0 Å². The van der Waals surface area contributed by atoms with E-state index < -0.39 is 12.1 Å². The van der Waals surface area contributed by atoms with Crippen molar-refractivity contribution in [2.75, 3.05) is 11.9 Å². The van der Waals surface area contributed by atoms with Crippen LogP contribution in [0.25, 0.3) is 10.9 Å². The standard InChI is InChI=1S/C24H29N3O3/c1-15(2)14-30-24(29)27-22(12-18-13-25-21-10-6-5-9-19(18)21)23(28)26-20-11-7-8-16(3)17(20)4/h5-11,13,15,22,25H,12,14H2,1-4H3,(H,26,28)(H,27,29)/t22-/m1/s1. The molecule has 0 aliphatic rings. The van der Waals surface area contributed by atoms with Crippen LogP contribution < -0.4 is 10.6 Å². The molecular formula is C24H29N3O3. The highest BCUT2D eigenvalue weighted by atomic mass is 16.5. The molecule has 0 unspecified atom stereocenters. The third kappa shape index (κ3) is 5.20. The Hall–Kier alpha value is -3.28. The van der Waals surface area contributed by atoms with Crippen molar-refractivity contribution in [3.63, 3.8) is 0 Å². The number of benzene rings is 2. The fourth-order valence-corrected chi connectivity index (χ4v) is 3.26. The maximum atomic E-state index is 13.1. The summed E-state index contributed by atoms with van der Waals surface area (Å²) in [6.45, 7) is 8.18. The summed E-state index contributed by atoms with van der Waals surface area (Å²) < 4.78 is 5.25. The Balaban J connectivity index is 1.81. The molecule has 6 heteroatoms. The number of H-pyrrole nitrogens is 1. The van der Waals surface area contributed by atoms with Crippen LogP contribution in [0, 0.1) is 19.8 Å². The second-order valence-electron chi connectivity index (χ2n) is 7.99. The van der Waals surface area contributed by atoms with E-state index in [9.17, 15) is 9.59 Å². The lowest BCUT2D eigenvalue weighted by Crippen LogP contribution is -2.45. The van der Waals surface area contributed by atoms with Crippen LogP contribution in [-0.2, 0) is 16.0 Å². The second-order valence-corrected chi connectivity index (χ2v) is 7.99. The van der Waals surface area contributed by atoms with Gasteiger partial charge in [0.15, 0.2) is 0 Å². The molecule has 0 fully saturated rings. The van der Waals surface area contributed by atoms with Crippen LogP contribution in [0.1, 0.15) is 30.5 Å². The van der Waals surface area contributed by atoms with E-state index in [-0.39, 0.29) is 11.8 Å². The van der Waals surface area contributed by atoms with Crippen LogP contribution in [0.3, 0.4) is 0 Å². The molecule has 0 aliphatic heterocycles. The Morgan fingerprint density at radius 1 is 1.07 bits per heavy atom. The molecule has 0 aliphatic carbocycles. The number of amides is 2. The van der Waals surface area contributed by atoms with Crippen molar-refractivity contribution < 1.29 is 14.3 Å². The lowest BCUT2D eigenvalue weighted by Gasteiger charge is -2.20. The van der Waals surface area contributed by atoms with Gasteiger partial charge in [-0.2, -0.15) is 0 Å². The number of anilines is 1. The molecule has 0 saturated carbocycles. The van der Waals surface area contributed by atoms with E-state index in [1.165, 1.54) is 0 Å². The quantitative estimate of drug-likeness (QED) is 0.530. The molecular weight excluding hydrogens is 378 g/mol. The van der Waals surface area contributed by atoms with Crippen LogP contribution in [-0.4, -0.2) is 29.6 Å². The second kappa shape index (κ2) is 9.48. The number of rotatable bonds is 7. The van der Waals surface area contributed by atoms with Gasteiger partial charge < -0.3 is 20.4 Å². The number of nitrogens with one attached hydrogen (secondary N) is 3. The topological polar surface area (TPSA) is 83.2 Å². The fourth-order valence-electron chi connectivity index (χ4n) is 3.26. The number of hydrogen-bond acceptors (Lipinski definition) is 3. The van der Waals surface area contributed by atoms with Crippen molar-refractivity contribution in [3.8, 4) is 0 Å². The minimum absolute atomic E-state index is 0.214. The Labute approximate surface area is 177 Å². The van der Waals surface area contributed by atoms with Crippen molar-refractivity contribution in [1.29, 1.82) is 0 Å². The summed E-state index contributed by atoms with van der Waals surface area (Å²) in [5, 5.41) is 6.73. The molecule has 0 radical (unpaired) electrons. The number of para-hydroxylation sites is 1. The maximum Gasteiger partial charge on any atom is 0.407 e. The van der Waals surface area contributed by atoms with Gasteiger partial charge in [-0.05, 0) is 48.6 Å². The highest BCUT2D eigenvalue weighted by molar-refractivity contribution is 5.98. The summed E-state index contributed by atoms with van der Waals surface area (Å²) in [6.07, 6.45) is 1.63. The van der Waals surface area contributed by atoms with E-state index in [0.29, 0.717) is 13.0 Å². The molecule has 1 aromatic heterocycles. The van der Waals surface area contributed by atoms with Crippen LogP contribution in [0.5, 0.6) is 0 Å². The zero-order valence-corrected chi connectivity index (χ0v) is 17.9. The molecule has 3 N–H and O–H groups in total. The zero-order chi connectivity index (χ0) is 21.7. The van der Waals surface area contributed by atoms with E-state index in [1.807, 2.05) is 76.4 Å². The molecule has 6 nitrogen and oxygen atoms in total. The summed E-state index contributed by atoms with van der Waals surface area (Å²) in [4.78, 5) is 28.6. The predicted octanol–water partition coefficient (Wildman–Crippen LogP) is 4.72. The number of aryl methyl sites for hydroxylation is 1. The number of aromatic amines is 1. The van der Waals surface area contributed by atoms with E-state index in [1.54, 1.807) is 0 Å². The molecule has 2 aromatic carbocycles. The van der Waals surface area contributed by atoms with Gasteiger partial charge in [0, 0.05) is 29.2 Å². The smallest absolute Gasteiger partial charge is 0.407 e. The summed E-state index contributed by atoms with van der Waals surface area (Å²) in [5.74, 6) is -0.0675. The molecule has 30 heavy (non-hydrogen) atoms. The van der Waals surface area contributed by atoms with E-state index in [0.717, 1.165) is 33.3 Å². The van der Waals surface area contributed by atoms with Crippen molar-refractivity contribution in [1.82, 2.24) is 10.3 Å². The summed E-state index contributed by atoms with van der Waals surface area (Å²) >= 11 is 0. The lowest BCUT2D eigenvalue weighted by atomic mass is 10.0. The number of aromatic nitrogens is 1. The summed E-state index contributed by atoms with van der Waals surface area (Å²) in [7, 11) is 0.